The van der Waals surface area contributed by atoms with Gasteiger partial charge in [0.2, 0.25) is 0 Å². The lowest BCUT2D eigenvalue weighted by atomic mass is 10.1. The summed E-state index contributed by atoms with van der Waals surface area (Å²) >= 11 is 0. The summed E-state index contributed by atoms with van der Waals surface area (Å²) in [6.07, 6.45) is 7.53. The lowest BCUT2D eigenvalue weighted by Crippen LogP contribution is -2.10. The first-order valence-electron chi connectivity index (χ1n) is 6.87. The second-order valence-corrected chi connectivity index (χ2v) is 4.76. The van der Waals surface area contributed by atoms with E-state index in [9.17, 15) is 4.79 Å². The standard InChI is InChI=1S/C13H21N3O2/c1-2-3-4-5-8-16-13(11(10-17)14-15-16)12-7-6-9-18-12/h10,12H,2-9H2,1H3. The SMILES string of the molecule is CCCCCCn1nnc(C=O)c1C1CCCO1. The highest BCUT2D eigenvalue weighted by atomic mass is 16.5. The van der Waals surface area contributed by atoms with Crippen molar-refractivity contribution in [3.8, 4) is 0 Å². The van der Waals surface area contributed by atoms with Crippen LogP contribution in [0.2, 0.25) is 0 Å². The van der Waals surface area contributed by atoms with Gasteiger partial charge in [-0.25, -0.2) is 4.68 Å². The molecule has 2 rings (SSSR count). The third-order valence-electron chi connectivity index (χ3n) is 3.37. The Morgan fingerprint density at radius 3 is 3.00 bits per heavy atom. The van der Waals surface area contributed by atoms with Gasteiger partial charge in [0.15, 0.2) is 12.0 Å². The van der Waals surface area contributed by atoms with E-state index in [0.717, 1.165) is 44.4 Å². The van der Waals surface area contributed by atoms with Gasteiger partial charge in [0, 0.05) is 13.2 Å². The fourth-order valence-electron chi connectivity index (χ4n) is 2.40. The molecule has 1 fully saturated rings. The highest BCUT2D eigenvalue weighted by molar-refractivity contribution is 5.73. The third-order valence-corrected chi connectivity index (χ3v) is 3.37. The minimum absolute atomic E-state index is 0.00590. The number of hydrogen-bond acceptors (Lipinski definition) is 4. The van der Waals surface area contributed by atoms with Gasteiger partial charge in [0.25, 0.3) is 0 Å². The van der Waals surface area contributed by atoms with E-state index in [1.807, 2.05) is 4.68 Å². The van der Waals surface area contributed by atoms with Crippen molar-refractivity contribution >= 4 is 6.29 Å². The second-order valence-electron chi connectivity index (χ2n) is 4.76. The van der Waals surface area contributed by atoms with E-state index < -0.39 is 0 Å². The largest absolute Gasteiger partial charge is 0.372 e. The molecule has 0 N–H and O–H groups in total. The Hall–Kier alpha value is -1.23. The normalized spacial score (nSPS) is 19.3. The Bertz CT molecular complexity index is 384. The Kier molecular flexibility index (Phi) is 4.87. The Balaban J connectivity index is 2.04. The molecule has 1 unspecified atom stereocenters. The molecule has 0 amide bonds. The molecule has 18 heavy (non-hydrogen) atoms. The van der Waals surface area contributed by atoms with Gasteiger partial charge < -0.3 is 4.74 Å². The van der Waals surface area contributed by atoms with E-state index >= 15 is 0 Å². The summed E-state index contributed by atoms with van der Waals surface area (Å²) in [7, 11) is 0. The molecule has 1 saturated heterocycles. The van der Waals surface area contributed by atoms with Crippen LogP contribution in [-0.4, -0.2) is 27.9 Å². The second kappa shape index (κ2) is 6.64. The molecule has 1 aliphatic rings. The molecular formula is C13H21N3O2. The van der Waals surface area contributed by atoms with Gasteiger partial charge in [-0.05, 0) is 19.3 Å². The molecule has 5 heteroatoms. The topological polar surface area (TPSA) is 57.0 Å². The lowest BCUT2D eigenvalue weighted by molar-refractivity contribution is 0.100. The number of ether oxygens (including phenoxy) is 1. The van der Waals surface area contributed by atoms with Crippen LogP contribution in [0.5, 0.6) is 0 Å². The summed E-state index contributed by atoms with van der Waals surface area (Å²) in [5.41, 5.74) is 1.32. The van der Waals surface area contributed by atoms with Gasteiger partial charge in [-0.2, -0.15) is 0 Å². The van der Waals surface area contributed by atoms with Crippen LogP contribution < -0.4 is 0 Å². The molecule has 0 saturated carbocycles. The van der Waals surface area contributed by atoms with Crippen LogP contribution in [0.4, 0.5) is 0 Å². The molecule has 0 bridgehead atoms. The predicted octanol–water partition coefficient (Wildman–Crippen LogP) is 2.52. The van der Waals surface area contributed by atoms with Crippen molar-refractivity contribution in [2.45, 2.75) is 58.1 Å². The number of rotatable bonds is 7. The zero-order valence-electron chi connectivity index (χ0n) is 11.0. The number of nitrogens with zero attached hydrogens (tertiary/aromatic N) is 3. The molecule has 1 aliphatic heterocycles. The molecular weight excluding hydrogens is 230 g/mol. The fraction of sp³-hybridized carbons (Fsp3) is 0.769. The maximum absolute atomic E-state index is 11.0. The summed E-state index contributed by atoms with van der Waals surface area (Å²) in [5, 5.41) is 8.03. The van der Waals surface area contributed by atoms with Crippen LogP contribution in [-0.2, 0) is 11.3 Å². The summed E-state index contributed by atoms with van der Waals surface area (Å²) in [4.78, 5) is 11.0. The quantitative estimate of drug-likeness (QED) is 0.552. The molecule has 1 atom stereocenters. The smallest absolute Gasteiger partial charge is 0.172 e. The highest BCUT2D eigenvalue weighted by Gasteiger charge is 2.26. The third kappa shape index (κ3) is 2.96. The van der Waals surface area contributed by atoms with Crippen molar-refractivity contribution in [2.24, 2.45) is 0 Å². The van der Waals surface area contributed by atoms with E-state index in [-0.39, 0.29) is 6.10 Å². The van der Waals surface area contributed by atoms with Gasteiger partial charge in [-0.1, -0.05) is 31.4 Å². The number of carbonyl (C=O) groups excluding carboxylic acids is 1. The summed E-state index contributed by atoms with van der Waals surface area (Å²) in [5.74, 6) is 0. The van der Waals surface area contributed by atoms with E-state index in [1.54, 1.807) is 0 Å². The van der Waals surface area contributed by atoms with Crippen LogP contribution in [0.25, 0.3) is 0 Å². The Labute approximate surface area is 108 Å². The summed E-state index contributed by atoms with van der Waals surface area (Å²) in [6, 6.07) is 0. The number of aryl methyl sites for hydroxylation is 1. The molecule has 100 valence electrons. The molecule has 5 nitrogen and oxygen atoms in total. The first-order chi connectivity index (χ1) is 8.86. The van der Waals surface area contributed by atoms with Crippen molar-refractivity contribution < 1.29 is 9.53 Å². The molecule has 0 radical (unpaired) electrons. The van der Waals surface area contributed by atoms with Crippen molar-refractivity contribution in [1.29, 1.82) is 0 Å². The minimum atomic E-state index is 0.00590. The van der Waals surface area contributed by atoms with Gasteiger partial charge in [-0.3, -0.25) is 4.79 Å². The highest BCUT2D eigenvalue weighted by Crippen LogP contribution is 2.29. The summed E-state index contributed by atoms with van der Waals surface area (Å²) in [6.45, 7) is 3.79. The van der Waals surface area contributed by atoms with Crippen molar-refractivity contribution in [3.63, 3.8) is 0 Å². The van der Waals surface area contributed by atoms with E-state index in [1.165, 1.54) is 19.3 Å². The molecule has 0 spiro atoms. The van der Waals surface area contributed by atoms with Crippen molar-refractivity contribution in [3.05, 3.63) is 11.4 Å². The van der Waals surface area contributed by atoms with Gasteiger partial charge in [0.05, 0.1) is 5.69 Å². The number of unbranched alkanes of at least 4 members (excludes halogenated alkanes) is 3. The fourth-order valence-corrected chi connectivity index (χ4v) is 2.40. The van der Waals surface area contributed by atoms with Gasteiger partial charge >= 0.3 is 0 Å². The number of aromatic nitrogens is 3. The Morgan fingerprint density at radius 1 is 1.44 bits per heavy atom. The van der Waals surface area contributed by atoms with Crippen LogP contribution >= 0.6 is 0 Å². The molecule has 1 aromatic heterocycles. The first-order valence-corrected chi connectivity index (χ1v) is 6.87. The van der Waals surface area contributed by atoms with Gasteiger partial charge in [-0.15, -0.1) is 5.10 Å². The number of carbonyl (C=O) groups is 1. The summed E-state index contributed by atoms with van der Waals surface area (Å²) < 4.78 is 7.50. The van der Waals surface area contributed by atoms with E-state index in [4.69, 9.17) is 4.74 Å². The average Bonchev–Trinajstić information content (AvgIpc) is 3.02. The number of hydrogen-bond donors (Lipinski definition) is 0. The zero-order chi connectivity index (χ0) is 12.8. The minimum Gasteiger partial charge on any atom is -0.372 e. The molecule has 2 heterocycles. The zero-order valence-corrected chi connectivity index (χ0v) is 11.0. The van der Waals surface area contributed by atoms with Crippen molar-refractivity contribution in [1.82, 2.24) is 15.0 Å². The van der Waals surface area contributed by atoms with E-state index in [0.29, 0.717) is 5.69 Å². The predicted molar refractivity (Wildman–Crippen MR) is 67.5 cm³/mol. The van der Waals surface area contributed by atoms with E-state index in [2.05, 4.69) is 17.2 Å². The van der Waals surface area contributed by atoms with Crippen molar-refractivity contribution in [2.75, 3.05) is 6.61 Å². The maximum atomic E-state index is 11.0. The first kappa shape index (κ1) is 13.2. The number of aldehydes is 1. The van der Waals surface area contributed by atoms with Crippen LogP contribution in [0, 0.1) is 0 Å². The van der Waals surface area contributed by atoms with Crippen LogP contribution in [0.3, 0.4) is 0 Å². The lowest BCUT2D eigenvalue weighted by Gasteiger charge is -2.12. The molecule has 0 aliphatic carbocycles. The Morgan fingerprint density at radius 2 is 2.33 bits per heavy atom. The maximum Gasteiger partial charge on any atom is 0.172 e. The average molecular weight is 251 g/mol. The van der Waals surface area contributed by atoms with Crippen LogP contribution in [0.15, 0.2) is 0 Å². The monoisotopic (exact) mass is 251 g/mol. The van der Waals surface area contributed by atoms with Gasteiger partial charge in [0.1, 0.15) is 6.10 Å². The molecule has 0 aromatic carbocycles. The molecule has 1 aromatic rings. The van der Waals surface area contributed by atoms with Crippen LogP contribution in [0.1, 0.15) is 67.7 Å².